The first-order valence-corrected chi connectivity index (χ1v) is 7.97. The van der Waals surface area contributed by atoms with Crippen molar-refractivity contribution in [3.63, 3.8) is 0 Å². The van der Waals surface area contributed by atoms with Crippen molar-refractivity contribution < 1.29 is 28.5 Å². The number of nitrogens with zero attached hydrogens (tertiary/aromatic N) is 1. The van der Waals surface area contributed by atoms with Crippen LogP contribution in [0.1, 0.15) is 18.4 Å². The normalized spacial score (nSPS) is 22.4. The van der Waals surface area contributed by atoms with Gasteiger partial charge in [0.25, 0.3) is 0 Å². The summed E-state index contributed by atoms with van der Waals surface area (Å²) in [6.45, 7) is 1.45. The van der Waals surface area contributed by atoms with Crippen LogP contribution in [0.15, 0.2) is 30.3 Å². The molecule has 2 saturated heterocycles. The van der Waals surface area contributed by atoms with Crippen molar-refractivity contribution in [2.75, 3.05) is 26.9 Å². The van der Waals surface area contributed by atoms with Crippen LogP contribution in [0.25, 0.3) is 0 Å². The van der Waals surface area contributed by atoms with Crippen molar-refractivity contribution in [3.8, 4) is 0 Å². The zero-order chi connectivity index (χ0) is 17.0. The molecule has 2 aliphatic heterocycles. The molecule has 1 amide bonds. The Morgan fingerprint density at radius 1 is 1.25 bits per heavy atom. The minimum absolute atomic E-state index is 0.155. The summed E-state index contributed by atoms with van der Waals surface area (Å²) in [5.41, 5.74) is 0.886. The molecule has 0 bridgehead atoms. The number of ether oxygens (including phenoxy) is 4. The van der Waals surface area contributed by atoms with Gasteiger partial charge in [-0.05, 0) is 5.56 Å². The van der Waals surface area contributed by atoms with Gasteiger partial charge >= 0.3 is 12.1 Å². The Kier molecular flexibility index (Phi) is 5.01. The first kappa shape index (κ1) is 16.7. The Bertz CT molecular complexity index is 584. The van der Waals surface area contributed by atoms with Gasteiger partial charge in [-0.3, -0.25) is 4.90 Å². The van der Waals surface area contributed by atoms with Crippen LogP contribution in [0, 0.1) is 0 Å². The molecule has 0 N–H and O–H groups in total. The third-order valence-electron chi connectivity index (χ3n) is 4.34. The summed E-state index contributed by atoms with van der Waals surface area (Å²) in [5.74, 6) is -1.29. The number of likely N-dealkylation sites (tertiary alicyclic amines) is 1. The van der Waals surface area contributed by atoms with E-state index < -0.39 is 23.9 Å². The Labute approximate surface area is 140 Å². The fourth-order valence-corrected chi connectivity index (χ4v) is 3.08. The molecule has 24 heavy (non-hydrogen) atoms. The molecule has 0 aromatic heterocycles. The molecule has 0 saturated carbocycles. The third kappa shape index (κ3) is 3.52. The number of methoxy groups -OCH3 is 1. The van der Waals surface area contributed by atoms with E-state index in [2.05, 4.69) is 0 Å². The molecule has 1 unspecified atom stereocenters. The average Bonchev–Trinajstić information content (AvgIpc) is 3.07. The summed E-state index contributed by atoms with van der Waals surface area (Å²) in [4.78, 5) is 25.9. The number of carbonyl (C=O) groups is 2. The van der Waals surface area contributed by atoms with E-state index in [1.54, 1.807) is 0 Å². The summed E-state index contributed by atoms with van der Waals surface area (Å²) in [5, 5.41) is 0. The van der Waals surface area contributed by atoms with Gasteiger partial charge in [0, 0.05) is 19.4 Å². The standard InChI is InChI=1S/C17H21NO6/c1-21-15(19)14-11-17(23-9-10-24-17)7-8-18(14)16(20)22-12-13-5-3-2-4-6-13/h2-6,14H,7-12H2,1H3. The molecule has 3 rings (SSSR count). The highest BCUT2D eigenvalue weighted by atomic mass is 16.7. The number of rotatable bonds is 3. The fourth-order valence-electron chi connectivity index (χ4n) is 3.08. The molecular weight excluding hydrogens is 314 g/mol. The lowest BCUT2D eigenvalue weighted by molar-refractivity contribution is -0.200. The summed E-state index contributed by atoms with van der Waals surface area (Å²) in [6.07, 6.45) is 0.211. The topological polar surface area (TPSA) is 74.3 Å². The fraction of sp³-hybridized carbons (Fsp3) is 0.529. The van der Waals surface area contributed by atoms with Gasteiger partial charge in [0.05, 0.1) is 20.3 Å². The van der Waals surface area contributed by atoms with Crippen LogP contribution in [-0.4, -0.2) is 55.7 Å². The number of hydrogen-bond acceptors (Lipinski definition) is 6. The van der Waals surface area contributed by atoms with Gasteiger partial charge in [0.1, 0.15) is 12.6 Å². The first-order valence-electron chi connectivity index (χ1n) is 7.97. The van der Waals surface area contributed by atoms with Gasteiger partial charge in [-0.25, -0.2) is 9.59 Å². The molecule has 7 heteroatoms. The van der Waals surface area contributed by atoms with Crippen LogP contribution in [0.3, 0.4) is 0 Å². The van der Waals surface area contributed by atoms with Crippen molar-refractivity contribution >= 4 is 12.1 Å². The van der Waals surface area contributed by atoms with Crippen LogP contribution in [-0.2, 0) is 30.3 Å². The molecule has 2 aliphatic rings. The zero-order valence-electron chi connectivity index (χ0n) is 13.6. The average molecular weight is 335 g/mol. The number of carbonyl (C=O) groups excluding carboxylic acids is 2. The van der Waals surface area contributed by atoms with Crippen molar-refractivity contribution in [2.24, 2.45) is 0 Å². The van der Waals surface area contributed by atoms with Crippen LogP contribution in [0.4, 0.5) is 4.79 Å². The number of piperidine rings is 1. The molecule has 1 atom stereocenters. The van der Waals surface area contributed by atoms with E-state index in [-0.39, 0.29) is 13.0 Å². The molecule has 2 fully saturated rings. The monoisotopic (exact) mass is 335 g/mol. The Morgan fingerprint density at radius 2 is 1.96 bits per heavy atom. The molecule has 1 aromatic carbocycles. The predicted octanol–water partition coefficient (Wildman–Crippen LogP) is 1.70. The lowest BCUT2D eigenvalue weighted by Gasteiger charge is -2.41. The van der Waals surface area contributed by atoms with E-state index in [4.69, 9.17) is 18.9 Å². The maximum absolute atomic E-state index is 12.4. The van der Waals surface area contributed by atoms with E-state index in [1.165, 1.54) is 12.0 Å². The van der Waals surface area contributed by atoms with E-state index in [0.717, 1.165) is 5.56 Å². The second-order valence-corrected chi connectivity index (χ2v) is 5.83. The molecule has 7 nitrogen and oxygen atoms in total. The lowest BCUT2D eigenvalue weighted by atomic mass is 9.96. The lowest BCUT2D eigenvalue weighted by Crippen LogP contribution is -2.56. The maximum Gasteiger partial charge on any atom is 0.410 e. The van der Waals surface area contributed by atoms with E-state index in [0.29, 0.717) is 26.2 Å². The van der Waals surface area contributed by atoms with E-state index >= 15 is 0 Å². The SMILES string of the molecule is COC(=O)C1CC2(CCN1C(=O)OCc1ccccc1)OCCO2. The van der Waals surface area contributed by atoms with E-state index in [1.807, 2.05) is 30.3 Å². The second kappa shape index (κ2) is 7.19. The van der Waals surface area contributed by atoms with Crippen LogP contribution < -0.4 is 0 Å². The molecule has 1 spiro atoms. The van der Waals surface area contributed by atoms with Gasteiger partial charge in [-0.1, -0.05) is 30.3 Å². The predicted molar refractivity (Wildman–Crippen MR) is 83.0 cm³/mol. The molecule has 0 radical (unpaired) electrons. The molecule has 0 aliphatic carbocycles. The van der Waals surface area contributed by atoms with Crippen molar-refractivity contribution in [3.05, 3.63) is 35.9 Å². The van der Waals surface area contributed by atoms with Crippen LogP contribution in [0.5, 0.6) is 0 Å². The maximum atomic E-state index is 12.4. The number of hydrogen-bond donors (Lipinski definition) is 0. The highest BCUT2D eigenvalue weighted by Gasteiger charge is 2.49. The molecule has 130 valence electrons. The first-order chi connectivity index (χ1) is 11.6. The quantitative estimate of drug-likeness (QED) is 0.783. The van der Waals surface area contributed by atoms with Gasteiger partial charge in [-0.15, -0.1) is 0 Å². The van der Waals surface area contributed by atoms with Crippen LogP contribution >= 0.6 is 0 Å². The highest BCUT2D eigenvalue weighted by Crippen LogP contribution is 2.35. The van der Waals surface area contributed by atoms with Gasteiger partial charge in [0.2, 0.25) is 0 Å². The zero-order valence-corrected chi connectivity index (χ0v) is 13.6. The summed E-state index contributed by atoms with van der Waals surface area (Å²) in [6, 6.07) is 8.61. The summed E-state index contributed by atoms with van der Waals surface area (Å²) < 4.78 is 21.5. The minimum atomic E-state index is -0.797. The molecule has 2 heterocycles. The molecular formula is C17H21NO6. The van der Waals surface area contributed by atoms with Crippen molar-refractivity contribution in [2.45, 2.75) is 31.3 Å². The minimum Gasteiger partial charge on any atom is -0.467 e. The largest absolute Gasteiger partial charge is 0.467 e. The van der Waals surface area contributed by atoms with Gasteiger partial charge in [0.15, 0.2) is 5.79 Å². The van der Waals surface area contributed by atoms with Gasteiger partial charge in [-0.2, -0.15) is 0 Å². The highest BCUT2D eigenvalue weighted by molar-refractivity contribution is 5.81. The molecule has 1 aromatic rings. The third-order valence-corrected chi connectivity index (χ3v) is 4.34. The van der Waals surface area contributed by atoms with Crippen LogP contribution in [0.2, 0.25) is 0 Å². The van der Waals surface area contributed by atoms with E-state index in [9.17, 15) is 9.59 Å². The number of amides is 1. The van der Waals surface area contributed by atoms with Crippen molar-refractivity contribution in [1.29, 1.82) is 0 Å². The Hall–Kier alpha value is -2.12. The Morgan fingerprint density at radius 3 is 2.62 bits per heavy atom. The second-order valence-electron chi connectivity index (χ2n) is 5.83. The number of benzene rings is 1. The summed E-state index contributed by atoms with van der Waals surface area (Å²) >= 11 is 0. The van der Waals surface area contributed by atoms with Crippen molar-refractivity contribution in [1.82, 2.24) is 4.90 Å². The van der Waals surface area contributed by atoms with Gasteiger partial charge < -0.3 is 18.9 Å². The number of esters is 1. The smallest absolute Gasteiger partial charge is 0.410 e. The Balaban J connectivity index is 1.66. The summed E-state index contributed by atoms with van der Waals surface area (Å²) in [7, 11) is 1.30.